The van der Waals surface area contributed by atoms with Crippen LogP contribution in [-0.4, -0.2) is 28.9 Å². The van der Waals surface area contributed by atoms with Gasteiger partial charge in [-0.2, -0.15) is 13.2 Å². The van der Waals surface area contributed by atoms with E-state index < -0.39 is 17.5 Å². The summed E-state index contributed by atoms with van der Waals surface area (Å²) in [5, 5.41) is 9.62. The van der Waals surface area contributed by atoms with Crippen LogP contribution < -0.4 is 0 Å². The van der Waals surface area contributed by atoms with Gasteiger partial charge in [0.25, 0.3) is 5.78 Å². The Morgan fingerprint density at radius 3 is 2.75 bits per heavy atom. The number of carbonyl (C=O) groups excluding carboxylic acids is 1. The predicted molar refractivity (Wildman–Crippen MR) is 91.5 cm³/mol. The minimum absolute atomic E-state index is 0.0249. The van der Waals surface area contributed by atoms with E-state index >= 15 is 0 Å². The SMILES string of the molecule is CCCCSc1nc(-c2cccs2)c(C(=O)C(F)(F)F)cc1C=N. The second-order valence-corrected chi connectivity index (χ2v) is 6.96. The van der Waals surface area contributed by atoms with Crippen LogP contribution >= 0.6 is 23.1 Å². The zero-order valence-corrected chi connectivity index (χ0v) is 14.4. The van der Waals surface area contributed by atoms with Gasteiger partial charge in [0.1, 0.15) is 5.03 Å². The Labute approximate surface area is 145 Å². The summed E-state index contributed by atoms with van der Waals surface area (Å²) in [5.74, 6) is -1.19. The second kappa shape index (κ2) is 7.94. The lowest BCUT2D eigenvalue weighted by atomic mass is 10.1. The topological polar surface area (TPSA) is 53.8 Å². The minimum atomic E-state index is -4.98. The van der Waals surface area contributed by atoms with Gasteiger partial charge in [-0.15, -0.1) is 23.1 Å². The van der Waals surface area contributed by atoms with Gasteiger partial charge >= 0.3 is 6.18 Å². The molecule has 0 fully saturated rings. The van der Waals surface area contributed by atoms with E-state index in [4.69, 9.17) is 5.41 Å². The Kier molecular flexibility index (Phi) is 6.17. The molecule has 2 aromatic heterocycles. The summed E-state index contributed by atoms with van der Waals surface area (Å²) in [6, 6.07) is 4.45. The lowest BCUT2D eigenvalue weighted by Gasteiger charge is -2.13. The van der Waals surface area contributed by atoms with Gasteiger partial charge in [-0.25, -0.2) is 4.98 Å². The van der Waals surface area contributed by atoms with Crippen LogP contribution in [0.25, 0.3) is 10.6 Å². The molecule has 0 radical (unpaired) electrons. The maximum atomic E-state index is 12.9. The minimum Gasteiger partial charge on any atom is -0.308 e. The molecule has 0 saturated heterocycles. The fraction of sp³-hybridized carbons (Fsp3) is 0.312. The van der Waals surface area contributed by atoms with Gasteiger partial charge in [0.2, 0.25) is 0 Å². The molecule has 0 aliphatic heterocycles. The van der Waals surface area contributed by atoms with Crippen LogP contribution in [0.1, 0.15) is 35.7 Å². The number of thiophene rings is 1. The normalized spacial score (nSPS) is 11.5. The van der Waals surface area contributed by atoms with E-state index in [0.29, 0.717) is 9.90 Å². The second-order valence-electron chi connectivity index (χ2n) is 4.93. The highest BCUT2D eigenvalue weighted by molar-refractivity contribution is 7.99. The number of hydrogen-bond donors (Lipinski definition) is 1. The predicted octanol–water partition coefficient (Wildman–Crippen LogP) is 5.44. The van der Waals surface area contributed by atoms with Crippen molar-refractivity contribution in [3.8, 4) is 10.6 Å². The molecule has 2 rings (SSSR count). The van der Waals surface area contributed by atoms with Crippen molar-refractivity contribution in [1.29, 1.82) is 5.41 Å². The number of ketones is 1. The summed E-state index contributed by atoms with van der Waals surface area (Å²) in [6.07, 6.45) is -2.13. The van der Waals surface area contributed by atoms with Crippen molar-refractivity contribution >= 4 is 35.1 Å². The first-order chi connectivity index (χ1) is 11.4. The van der Waals surface area contributed by atoms with E-state index in [1.807, 2.05) is 6.92 Å². The van der Waals surface area contributed by atoms with Crippen LogP contribution in [0.3, 0.4) is 0 Å². The van der Waals surface area contributed by atoms with E-state index in [0.717, 1.165) is 30.9 Å². The highest BCUT2D eigenvalue weighted by Gasteiger charge is 2.41. The molecule has 1 N–H and O–H groups in total. The molecule has 24 heavy (non-hydrogen) atoms. The number of thioether (sulfide) groups is 1. The molecule has 3 nitrogen and oxygen atoms in total. The first-order valence-corrected chi connectivity index (χ1v) is 9.08. The Balaban J connectivity index is 2.57. The molecule has 0 spiro atoms. The molecule has 0 aliphatic rings. The fourth-order valence-corrected chi connectivity index (χ4v) is 3.77. The molecule has 0 aromatic carbocycles. The molecule has 8 heteroatoms. The summed E-state index contributed by atoms with van der Waals surface area (Å²) >= 11 is 2.61. The number of alkyl halides is 3. The van der Waals surface area contributed by atoms with Crippen LogP contribution in [0.5, 0.6) is 0 Å². The Morgan fingerprint density at radius 2 is 2.21 bits per heavy atom. The van der Waals surface area contributed by atoms with Crippen LogP contribution in [0.15, 0.2) is 28.6 Å². The zero-order valence-electron chi connectivity index (χ0n) is 12.8. The number of aromatic nitrogens is 1. The van der Waals surface area contributed by atoms with Gasteiger partial charge in [0, 0.05) is 11.8 Å². The summed E-state index contributed by atoms with van der Waals surface area (Å²) in [6.45, 7) is 2.04. The molecule has 0 aliphatic carbocycles. The summed E-state index contributed by atoms with van der Waals surface area (Å²) in [5.41, 5.74) is -0.260. The molecular formula is C16H15F3N2OS2. The van der Waals surface area contributed by atoms with Crippen LogP contribution in [-0.2, 0) is 0 Å². The lowest BCUT2D eigenvalue weighted by molar-refractivity contribution is -0.0885. The molecule has 0 saturated carbocycles. The number of unbranched alkanes of at least 4 members (excludes halogenated alkanes) is 1. The summed E-state index contributed by atoms with van der Waals surface area (Å²) < 4.78 is 38.7. The van der Waals surface area contributed by atoms with Crippen molar-refractivity contribution in [2.45, 2.75) is 31.0 Å². The van der Waals surface area contributed by atoms with E-state index in [2.05, 4.69) is 4.98 Å². The van der Waals surface area contributed by atoms with Crippen LogP contribution in [0.4, 0.5) is 13.2 Å². The first kappa shape index (κ1) is 18.7. The van der Waals surface area contributed by atoms with Crippen molar-refractivity contribution in [1.82, 2.24) is 4.98 Å². The molecule has 0 unspecified atom stereocenters. The number of rotatable bonds is 7. The fourth-order valence-electron chi connectivity index (χ4n) is 1.97. The van der Waals surface area contributed by atoms with Crippen molar-refractivity contribution < 1.29 is 18.0 Å². The van der Waals surface area contributed by atoms with Gasteiger partial charge in [0.15, 0.2) is 0 Å². The molecule has 0 amide bonds. The third-order valence-electron chi connectivity index (χ3n) is 3.16. The quantitative estimate of drug-likeness (QED) is 0.304. The molecular weight excluding hydrogens is 357 g/mol. The van der Waals surface area contributed by atoms with E-state index in [9.17, 15) is 18.0 Å². The number of hydrogen-bond acceptors (Lipinski definition) is 5. The maximum absolute atomic E-state index is 12.9. The van der Waals surface area contributed by atoms with Crippen molar-refractivity contribution in [2.24, 2.45) is 0 Å². The maximum Gasteiger partial charge on any atom is 0.454 e. The van der Waals surface area contributed by atoms with Crippen LogP contribution in [0, 0.1) is 5.41 Å². The third-order valence-corrected chi connectivity index (χ3v) is 5.13. The van der Waals surface area contributed by atoms with Crippen molar-refractivity contribution in [3.05, 3.63) is 34.7 Å². The van der Waals surface area contributed by atoms with E-state index in [1.165, 1.54) is 23.1 Å². The van der Waals surface area contributed by atoms with Crippen molar-refractivity contribution in [2.75, 3.05) is 5.75 Å². The number of pyridine rings is 1. The van der Waals surface area contributed by atoms with Gasteiger partial charge in [-0.1, -0.05) is 19.4 Å². The number of nitrogens with zero attached hydrogens (tertiary/aromatic N) is 1. The molecule has 0 atom stereocenters. The van der Waals surface area contributed by atoms with Gasteiger partial charge < -0.3 is 5.41 Å². The van der Waals surface area contributed by atoms with Gasteiger partial charge in [-0.3, -0.25) is 4.79 Å². The van der Waals surface area contributed by atoms with E-state index in [-0.39, 0.29) is 11.3 Å². The molecule has 128 valence electrons. The largest absolute Gasteiger partial charge is 0.454 e. The molecule has 2 aromatic rings. The summed E-state index contributed by atoms with van der Waals surface area (Å²) in [4.78, 5) is 16.6. The van der Waals surface area contributed by atoms with Gasteiger partial charge in [-0.05, 0) is 29.7 Å². The molecule has 2 heterocycles. The van der Waals surface area contributed by atoms with Gasteiger partial charge in [0.05, 0.1) is 16.1 Å². The number of Topliss-reactive ketones (excluding diaryl/α,β-unsaturated/α-hetero) is 1. The lowest BCUT2D eigenvalue weighted by Crippen LogP contribution is -2.24. The Bertz CT molecular complexity index is 728. The third kappa shape index (κ3) is 4.24. The smallest absolute Gasteiger partial charge is 0.308 e. The number of halogens is 3. The van der Waals surface area contributed by atoms with E-state index in [1.54, 1.807) is 17.5 Å². The average molecular weight is 372 g/mol. The zero-order chi connectivity index (χ0) is 17.7. The summed E-state index contributed by atoms with van der Waals surface area (Å²) in [7, 11) is 0. The highest BCUT2D eigenvalue weighted by Crippen LogP contribution is 2.34. The molecule has 0 bridgehead atoms. The van der Waals surface area contributed by atoms with Crippen LogP contribution in [0.2, 0.25) is 0 Å². The van der Waals surface area contributed by atoms with Crippen molar-refractivity contribution in [3.63, 3.8) is 0 Å². The Morgan fingerprint density at radius 1 is 1.46 bits per heavy atom. The highest BCUT2D eigenvalue weighted by atomic mass is 32.2. The number of nitrogens with one attached hydrogen (secondary N) is 1. The first-order valence-electron chi connectivity index (χ1n) is 7.22. The Hall–Kier alpha value is -1.67. The average Bonchev–Trinajstić information content (AvgIpc) is 3.07. The number of carbonyl (C=O) groups is 1. The monoisotopic (exact) mass is 372 g/mol. The standard InChI is InChI=1S/C16H15F3N2OS2/c1-2-3-6-24-15-10(9-20)8-11(14(22)16(17,18)19)13(21-15)12-5-4-7-23-12/h4-5,7-9,20H,2-3,6H2,1H3.